The van der Waals surface area contributed by atoms with Crippen LogP contribution < -0.4 is 0 Å². The van der Waals surface area contributed by atoms with E-state index in [4.69, 9.17) is 0 Å². The van der Waals surface area contributed by atoms with E-state index >= 15 is 0 Å². The quantitative estimate of drug-likeness (QED) is 0.482. The van der Waals surface area contributed by atoms with E-state index in [1.807, 2.05) is 0 Å². The Morgan fingerprint density at radius 2 is 1.80 bits per heavy atom. The van der Waals surface area contributed by atoms with Crippen molar-refractivity contribution in [1.82, 2.24) is 0 Å². The molecule has 2 rings (SSSR count). The number of hydrogen-bond donors (Lipinski definition) is 0. The normalized spacial score (nSPS) is 35.7. The Kier molecular flexibility index (Phi) is 1.07. The predicted octanol–water partition coefficient (Wildman–Crippen LogP) is 3.22. The first kappa shape index (κ1) is 6.69. The third-order valence-corrected chi connectivity index (χ3v) is 3.58. The standard InChI is InChI=1S/C10H18/c1-9(2,3)8-7-10(8)5-4-6-10/h8H,4-7H2,1-3H3. The van der Waals surface area contributed by atoms with Crippen LogP contribution in [0.4, 0.5) is 0 Å². The van der Waals surface area contributed by atoms with Crippen LogP contribution in [0.5, 0.6) is 0 Å². The first-order valence-electron chi connectivity index (χ1n) is 4.55. The summed E-state index contributed by atoms with van der Waals surface area (Å²) in [5.74, 6) is 1.06. The van der Waals surface area contributed by atoms with E-state index in [9.17, 15) is 0 Å². The molecule has 1 spiro atoms. The summed E-state index contributed by atoms with van der Waals surface area (Å²) in [7, 11) is 0. The van der Waals surface area contributed by atoms with Crippen LogP contribution in [0, 0.1) is 16.7 Å². The molecule has 2 aliphatic carbocycles. The summed E-state index contributed by atoms with van der Waals surface area (Å²) < 4.78 is 0. The molecule has 0 aliphatic heterocycles. The summed E-state index contributed by atoms with van der Waals surface area (Å²) in [4.78, 5) is 0. The fourth-order valence-electron chi connectivity index (χ4n) is 2.76. The van der Waals surface area contributed by atoms with E-state index in [2.05, 4.69) is 20.8 Å². The summed E-state index contributed by atoms with van der Waals surface area (Å²) in [6, 6.07) is 0. The summed E-state index contributed by atoms with van der Waals surface area (Å²) in [6.45, 7) is 7.18. The van der Waals surface area contributed by atoms with Crippen LogP contribution in [0.15, 0.2) is 0 Å². The Balaban J connectivity index is 2.01. The zero-order chi connectivity index (χ0) is 7.41. The second-order valence-corrected chi connectivity index (χ2v) is 5.34. The van der Waals surface area contributed by atoms with Crippen LogP contribution in [0.2, 0.25) is 0 Å². The maximum atomic E-state index is 2.39. The Morgan fingerprint density at radius 3 is 1.90 bits per heavy atom. The van der Waals surface area contributed by atoms with Crippen LogP contribution in [0.3, 0.4) is 0 Å². The van der Waals surface area contributed by atoms with Crippen LogP contribution in [-0.2, 0) is 0 Å². The highest BCUT2D eigenvalue weighted by atomic mass is 14.7. The summed E-state index contributed by atoms with van der Waals surface area (Å²) in [5, 5.41) is 0. The molecule has 0 saturated heterocycles. The van der Waals surface area contributed by atoms with Crippen molar-refractivity contribution in [2.24, 2.45) is 16.7 Å². The molecule has 0 radical (unpaired) electrons. The lowest BCUT2D eigenvalue weighted by atomic mass is 9.74. The van der Waals surface area contributed by atoms with E-state index in [1.165, 1.54) is 25.7 Å². The molecule has 2 fully saturated rings. The van der Waals surface area contributed by atoms with Gasteiger partial charge in [0.25, 0.3) is 0 Å². The minimum Gasteiger partial charge on any atom is -0.0599 e. The van der Waals surface area contributed by atoms with Gasteiger partial charge in [-0.3, -0.25) is 0 Å². The van der Waals surface area contributed by atoms with Crippen LogP contribution in [0.25, 0.3) is 0 Å². The minimum atomic E-state index is 0.598. The van der Waals surface area contributed by atoms with Crippen molar-refractivity contribution < 1.29 is 0 Å². The molecule has 1 unspecified atom stereocenters. The number of hydrogen-bond acceptors (Lipinski definition) is 0. The van der Waals surface area contributed by atoms with E-state index in [0.717, 1.165) is 11.3 Å². The first-order chi connectivity index (χ1) is 4.55. The van der Waals surface area contributed by atoms with Gasteiger partial charge < -0.3 is 0 Å². The van der Waals surface area contributed by atoms with Crippen molar-refractivity contribution in [3.8, 4) is 0 Å². The monoisotopic (exact) mass is 138 g/mol. The lowest BCUT2D eigenvalue weighted by Crippen LogP contribution is -2.21. The molecule has 2 aliphatic rings. The van der Waals surface area contributed by atoms with Crippen molar-refractivity contribution in [1.29, 1.82) is 0 Å². The van der Waals surface area contributed by atoms with Crippen LogP contribution >= 0.6 is 0 Å². The third kappa shape index (κ3) is 0.741. The van der Waals surface area contributed by atoms with Gasteiger partial charge in [-0.25, -0.2) is 0 Å². The van der Waals surface area contributed by atoms with Gasteiger partial charge in [-0.1, -0.05) is 27.2 Å². The predicted molar refractivity (Wildman–Crippen MR) is 43.8 cm³/mol. The van der Waals surface area contributed by atoms with E-state index in [1.54, 1.807) is 0 Å². The summed E-state index contributed by atoms with van der Waals surface area (Å²) >= 11 is 0. The summed E-state index contributed by atoms with van der Waals surface area (Å²) in [6.07, 6.45) is 6.12. The van der Waals surface area contributed by atoms with Crippen LogP contribution in [0.1, 0.15) is 46.5 Å². The van der Waals surface area contributed by atoms with E-state index < -0.39 is 0 Å². The van der Waals surface area contributed by atoms with Gasteiger partial charge in [0.05, 0.1) is 0 Å². The van der Waals surface area contributed by atoms with Gasteiger partial charge in [0.1, 0.15) is 0 Å². The number of rotatable bonds is 0. The second kappa shape index (κ2) is 1.60. The Hall–Kier alpha value is 0. The van der Waals surface area contributed by atoms with Crippen molar-refractivity contribution in [3.63, 3.8) is 0 Å². The van der Waals surface area contributed by atoms with Crippen molar-refractivity contribution in [3.05, 3.63) is 0 Å². The SMILES string of the molecule is CC(C)(C)C1CC12CCC2. The molecule has 0 aromatic heterocycles. The molecule has 58 valence electrons. The fourth-order valence-corrected chi connectivity index (χ4v) is 2.76. The van der Waals surface area contributed by atoms with Crippen molar-refractivity contribution in [2.45, 2.75) is 46.5 Å². The average Bonchev–Trinajstić information content (AvgIpc) is 2.30. The molecular weight excluding hydrogens is 120 g/mol. The first-order valence-corrected chi connectivity index (χ1v) is 4.55. The van der Waals surface area contributed by atoms with Gasteiger partial charge in [0.15, 0.2) is 0 Å². The van der Waals surface area contributed by atoms with Gasteiger partial charge in [-0.2, -0.15) is 0 Å². The molecule has 0 heteroatoms. The molecule has 2 saturated carbocycles. The van der Waals surface area contributed by atoms with Gasteiger partial charge in [-0.05, 0) is 36.0 Å². The third-order valence-electron chi connectivity index (χ3n) is 3.58. The van der Waals surface area contributed by atoms with Gasteiger partial charge >= 0.3 is 0 Å². The van der Waals surface area contributed by atoms with E-state index in [0.29, 0.717) is 5.41 Å². The summed E-state index contributed by atoms with van der Waals surface area (Å²) in [5.41, 5.74) is 1.47. The highest BCUT2D eigenvalue weighted by molar-refractivity contribution is 5.10. The highest BCUT2D eigenvalue weighted by Crippen LogP contribution is 2.70. The molecule has 0 heterocycles. The highest BCUT2D eigenvalue weighted by Gasteiger charge is 2.61. The molecule has 1 atom stereocenters. The van der Waals surface area contributed by atoms with E-state index in [-0.39, 0.29) is 0 Å². The lowest BCUT2D eigenvalue weighted by molar-refractivity contribution is 0.192. The second-order valence-electron chi connectivity index (χ2n) is 5.34. The van der Waals surface area contributed by atoms with Crippen molar-refractivity contribution in [2.75, 3.05) is 0 Å². The zero-order valence-electron chi connectivity index (χ0n) is 7.41. The molecule has 0 nitrogen and oxygen atoms in total. The molecule has 0 aromatic carbocycles. The van der Waals surface area contributed by atoms with Gasteiger partial charge in [0.2, 0.25) is 0 Å². The molecule has 10 heavy (non-hydrogen) atoms. The Bertz CT molecular complexity index is 146. The maximum absolute atomic E-state index is 2.39. The molecule has 0 amide bonds. The van der Waals surface area contributed by atoms with Gasteiger partial charge in [0, 0.05) is 0 Å². The molecule has 0 N–H and O–H groups in total. The average molecular weight is 138 g/mol. The zero-order valence-corrected chi connectivity index (χ0v) is 7.41. The molecular formula is C10H18. The molecule has 0 aromatic rings. The van der Waals surface area contributed by atoms with Crippen molar-refractivity contribution >= 4 is 0 Å². The Morgan fingerprint density at radius 1 is 1.20 bits per heavy atom. The molecule has 0 bridgehead atoms. The fraction of sp³-hybridized carbons (Fsp3) is 1.00. The van der Waals surface area contributed by atoms with Crippen LogP contribution in [-0.4, -0.2) is 0 Å². The smallest absolute Gasteiger partial charge is 0.0261 e. The largest absolute Gasteiger partial charge is 0.0599 e. The topological polar surface area (TPSA) is 0 Å². The minimum absolute atomic E-state index is 0.598. The Labute approximate surface area is 64.0 Å². The maximum Gasteiger partial charge on any atom is -0.0261 e. The van der Waals surface area contributed by atoms with Gasteiger partial charge in [-0.15, -0.1) is 0 Å². The lowest BCUT2D eigenvalue weighted by Gasteiger charge is -2.31.